The van der Waals surface area contributed by atoms with Gasteiger partial charge in [0.1, 0.15) is 6.73 Å². The number of nitrogens with two attached hydrogens (primary N) is 1. The van der Waals surface area contributed by atoms with E-state index in [0.29, 0.717) is 25.9 Å². The van der Waals surface area contributed by atoms with E-state index in [1.807, 2.05) is 0 Å². The number of hydrogen-bond acceptors (Lipinski definition) is 4. The van der Waals surface area contributed by atoms with E-state index in [4.69, 9.17) is 15.2 Å². The number of aromatic nitrogens is 2. The summed E-state index contributed by atoms with van der Waals surface area (Å²) in [5.74, 6) is 0.465. The highest BCUT2D eigenvalue weighted by Gasteiger charge is 1.95. The Morgan fingerprint density at radius 3 is 3.00 bits per heavy atom. The minimum absolute atomic E-state index is 0.426. The number of anilines is 1. The Morgan fingerprint density at radius 2 is 2.42 bits per heavy atom. The molecule has 0 spiro atoms. The molecule has 0 aliphatic carbocycles. The number of hydrogen-bond donors (Lipinski definition) is 1. The third-order valence-electron chi connectivity index (χ3n) is 1.41. The standard InChI is InChI=1S/C7H13N3O2/c1-11-4-5-12-6-10-3-2-9-7(10)8/h2-3H,4-6H2,1H3,(H2,8,9). The van der Waals surface area contributed by atoms with Crippen molar-refractivity contribution in [2.45, 2.75) is 6.73 Å². The monoisotopic (exact) mass is 171 g/mol. The SMILES string of the molecule is COCCOCn1ccnc1N. The van der Waals surface area contributed by atoms with Crippen molar-refractivity contribution in [1.29, 1.82) is 0 Å². The second-order valence-electron chi connectivity index (χ2n) is 2.29. The summed E-state index contributed by atoms with van der Waals surface area (Å²) >= 11 is 0. The zero-order valence-corrected chi connectivity index (χ0v) is 7.06. The summed E-state index contributed by atoms with van der Waals surface area (Å²) in [6, 6.07) is 0. The van der Waals surface area contributed by atoms with E-state index in [9.17, 15) is 0 Å². The van der Waals surface area contributed by atoms with E-state index in [1.54, 1.807) is 24.1 Å². The van der Waals surface area contributed by atoms with E-state index < -0.39 is 0 Å². The lowest BCUT2D eigenvalue weighted by molar-refractivity contribution is 0.0350. The van der Waals surface area contributed by atoms with Crippen LogP contribution in [0.15, 0.2) is 12.4 Å². The Morgan fingerprint density at radius 1 is 1.58 bits per heavy atom. The number of imidazole rings is 1. The molecule has 0 aliphatic heterocycles. The summed E-state index contributed by atoms with van der Waals surface area (Å²) < 4.78 is 11.7. The van der Waals surface area contributed by atoms with E-state index in [2.05, 4.69) is 4.98 Å². The van der Waals surface area contributed by atoms with Crippen LogP contribution in [0, 0.1) is 0 Å². The Hall–Kier alpha value is -1.07. The fraction of sp³-hybridized carbons (Fsp3) is 0.571. The second kappa shape index (κ2) is 4.74. The first-order chi connectivity index (χ1) is 5.84. The largest absolute Gasteiger partial charge is 0.382 e. The molecule has 1 aromatic rings. The van der Waals surface area contributed by atoms with Gasteiger partial charge in [-0.15, -0.1) is 0 Å². The molecule has 5 nitrogen and oxygen atoms in total. The first-order valence-corrected chi connectivity index (χ1v) is 3.68. The van der Waals surface area contributed by atoms with E-state index in [1.165, 1.54) is 0 Å². The van der Waals surface area contributed by atoms with Gasteiger partial charge in [-0.1, -0.05) is 0 Å². The van der Waals surface area contributed by atoms with Gasteiger partial charge in [0.25, 0.3) is 0 Å². The topological polar surface area (TPSA) is 62.3 Å². The molecule has 0 unspecified atom stereocenters. The van der Waals surface area contributed by atoms with Gasteiger partial charge in [-0.3, -0.25) is 4.57 Å². The predicted octanol–water partition coefficient (Wildman–Crippen LogP) is 0.0858. The molecule has 12 heavy (non-hydrogen) atoms. The van der Waals surface area contributed by atoms with Gasteiger partial charge >= 0.3 is 0 Å². The molecule has 1 rings (SSSR count). The molecule has 0 radical (unpaired) electrons. The molecule has 68 valence electrons. The second-order valence-corrected chi connectivity index (χ2v) is 2.29. The lowest BCUT2D eigenvalue weighted by atomic mass is 10.8. The average molecular weight is 171 g/mol. The van der Waals surface area contributed by atoms with Crippen LogP contribution >= 0.6 is 0 Å². The molecule has 0 saturated carbocycles. The van der Waals surface area contributed by atoms with Crippen LogP contribution in [0.2, 0.25) is 0 Å². The maximum atomic E-state index is 5.50. The first-order valence-electron chi connectivity index (χ1n) is 3.68. The highest BCUT2D eigenvalue weighted by Crippen LogP contribution is 1.97. The van der Waals surface area contributed by atoms with Crippen molar-refractivity contribution in [2.24, 2.45) is 0 Å². The van der Waals surface area contributed by atoms with Gasteiger partial charge < -0.3 is 15.2 Å². The summed E-state index contributed by atoms with van der Waals surface area (Å²) in [5.41, 5.74) is 5.50. The zero-order chi connectivity index (χ0) is 8.81. The number of nitrogen functional groups attached to an aromatic ring is 1. The van der Waals surface area contributed by atoms with Crippen LogP contribution in [0.1, 0.15) is 0 Å². The molecule has 0 fully saturated rings. The maximum Gasteiger partial charge on any atom is 0.202 e. The van der Waals surface area contributed by atoms with Gasteiger partial charge in [-0.2, -0.15) is 0 Å². The molecular formula is C7H13N3O2. The highest BCUT2D eigenvalue weighted by molar-refractivity contribution is 5.15. The van der Waals surface area contributed by atoms with Crippen molar-refractivity contribution in [3.63, 3.8) is 0 Å². The number of ether oxygens (including phenoxy) is 2. The summed E-state index contributed by atoms with van der Waals surface area (Å²) in [6.45, 7) is 1.58. The molecule has 5 heteroatoms. The average Bonchev–Trinajstić information content (AvgIpc) is 2.46. The lowest BCUT2D eigenvalue weighted by Gasteiger charge is -2.04. The van der Waals surface area contributed by atoms with Crippen molar-refractivity contribution in [3.05, 3.63) is 12.4 Å². The van der Waals surface area contributed by atoms with Gasteiger partial charge in [0.15, 0.2) is 0 Å². The smallest absolute Gasteiger partial charge is 0.202 e. The number of rotatable bonds is 5. The molecule has 2 N–H and O–H groups in total. The minimum atomic E-state index is 0.426. The zero-order valence-electron chi connectivity index (χ0n) is 7.06. The molecule has 1 aromatic heterocycles. The summed E-state index contributed by atoms with van der Waals surface area (Å²) in [5, 5.41) is 0. The molecule has 0 saturated heterocycles. The maximum absolute atomic E-state index is 5.50. The Balaban J connectivity index is 2.20. The van der Waals surface area contributed by atoms with Crippen LogP contribution in [0.4, 0.5) is 5.95 Å². The summed E-state index contributed by atoms with van der Waals surface area (Å²) in [7, 11) is 1.63. The molecule has 0 aliphatic rings. The summed E-state index contributed by atoms with van der Waals surface area (Å²) in [6.07, 6.45) is 3.40. The van der Waals surface area contributed by atoms with Gasteiger partial charge in [-0.25, -0.2) is 4.98 Å². The number of nitrogens with zero attached hydrogens (tertiary/aromatic N) is 2. The van der Waals surface area contributed by atoms with Crippen molar-refractivity contribution in [1.82, 2.24) is 9.55 Å². The molecule has 0 amide bonds. The number of methoxy groups -OCH3 is 1. The van der Waals surface area contributed by atoms with Crippen LogP contribution in [0.25, 0.3) is 0 Å². The van der Waals surface area contributed by atoms with Gasteiger partial charge in [0, 0.05) is 19.5 Å². The van der Waals surface area contributed by atoms with Crippen molar-refractivity contribution in [3.8, 4) is 0 Å². The molecule has 0 aromatic carbocycles. The molecular weight excluding hydrogens is 158 g/mol. The van der Waals surface area contributed by atoms with Crippen molar-refractivity contribution in [2.75, 3.05) is 26.1 Å². The normalized spacial score (nSPS) is 10.4. The Labute approximate surface area is 71.1 Å². The van der Waals surface area contributed by atoms with Crippen molar-refractivity contribution < 1.29 is 9.47 Å². The highest BCUT2D eigenvalue weighted by atomic mass is 16.5. The third kappa shape index (κ3) is 2.52. The van der Waals surface area contributed by atoms with Crippen LogP contribution in [-0.4, -0.2) is 29.9 Å². The molecule has 0 atom stereocenters. The first kappa shape index (κ1) is 9.02. The minimum Gasteiger partial charge on any atom is -0.382 e. The molecule has 1 heterocycles. The van der Waals surface area contributed by atoms with E-state index in [-0.39, 0.29) is 0 Å². The van der Waals surface area contributed by atoms with E-state index >= 15 is 0 Å². The fourth-order valence-corrected chi connectivity index (χ4v) is 0.755. The predicted molar refractivity (Wildman–Crippen MR) is 44.5 cm³/mol. The van der Waals surface area contributed by atoms with E-state index in [0.717, 1.165) is 0 Å². The van der Waals surface area contributed by atoms with Crippen LogP contribution in [0.3, 0.4) is 0 Å². The summed E-state index contributed by atoms with van der Waals surface area (Å²) in [4.78, 5) is 3.85. The quantitative estimate of drug-likeness (QED) is 0.637. The van der Waals surface area contributed by atoms with Crippen LogP contribution in [-0.2, 0) is 16.2 Å². The molecule has 0 bridgehead atoms. The van der Waals surface area contributed by atoms with Gasteiger partial charge in [-0.05, 0) is 0 Å². The lowest BCUT2D eigenvalue weighted by Crippen LogP contribution is -2.08. The van der Waals surface area contributed by atoms with Gasteiger partial charge in [0.2, 0.25) is 5.95 Å². The van der Waals surface area contributed by atoms with Crippen LogP contribution < -0.4 is 5.73 Å². The van der Waals surface area contributed by atoms with Crippen molar-refractivity contribution >= 4 is 5.95 Å². The fourth-order valence-electron chi connectivity index (χ4n) is 0.755. The Bertz CT molecular complexity index is 224. The van der Waals surface area contributed by atoms with Gasteiger partial charge in [0.05, 0.1) is 13.2 Å². The van der Waals surface area contributed by atoms with Crippen LogP contribution in [0.5, 0.6) is 0 Å². The third-order valence-corrected chi connectivity index (χ3v) is 1.41. The Kier molecular flexibility index (Phi) is 3.56.